The van der Waals surface area contributed by atoms with Crippen molar-refractivity contribution >= 4 is 41.4 Å². The molecule has 1 aromatic rings. The third-order valence-electron chi connectivity index (χ3n) is 7.40. The first-order valence-corrected chi connectivity index (χ1v) is 16.3. The Kier molecular flexibility index (Phi) is 18.0. The Morgan fingerprint density at radius 1 is 0.653 bits per heavy atom. The van der Waals surface area contributed by atoms with Crippen LogP contribution in [0.5, 0.6) is 0 Å². The molecule has 0 fully saturated rings. The third kappa shape index (κ3) is 15.5. The number of primary amides is 1. The van der Waals surface area contributed by atoms with Crippen LogP contribution in [0.1, 0.15) is 66.4 Å². The van der Waals surface area contributed by atoms with E-state index in [0.717, 1.165) is 5.56 Å². The van der Waals surface area contributed by atoms with E-state index in [1.807, 2.05) is 44.2 Å². The molecule has 6 atom stereocenters. The summed E-state index contributed by atoms with van der Waals surface area (Å²) in [5.41, 5.74) is 12.3. The van der Waals surface area contributed by atoms with Crippen LogP contribution < -0.4 is 38.1 Å². The third-order valence-corrected chi connectivity index (χ3v) is 7.40. The van der Waals surface area contributed by atoms with Gasteiger partial charge in [-0.25, -0.2) is 4.79 Å². The zero-order valence-corrected chi connectivity index (χ0v) is 29.0. The Bertz CT molecular complexity index is 1290. The van der Waals surface area contributed by atoms with Crippen LogP contribution in [0.2, 0.25) is 0 Å². The second-order valence-electron chi connectivity index (χ2n) is 13.2. The summed E-state index contributed by atoms with van der Waals surface area (Å²) >= 11 is 0. The van der Waals surface area contributed by atoms with Gasteiger partial charge in [-0.15, -0.1) is 0 Å². The average molecular weight is 692 g/mol. The highest BCUT2D eigenvalue weighted by Gasteiger charge is 2.34. The maximum absolute atomic E-state index is 13.5. The second-order valence-corrected chi connectivity index (χ2v) is 13.2. The molecule has 0 aliphatic carbocycles. The Balaban J connectivity index is 3.15. The molecular formula is C33H53N7O9. The molecule has 0 spiro atoms. The summed E-state index contributed by atoms with van der Waals surface area (Å²) in [6.07, 6.45) is -0.131. The summed E-state index contributed by atoms with van der Waals surface area (Å²) in [4.78, 5) is 89.4. The highest BCUT2D eigenvalue weighted by Crippen LogP contribution is 2.11. The van der Waals surface area contributed by atoms with E-state index in [1.54, 1.807) is 27.7 Å². The molecule has 274 valence electrons. The summed E-state index contributed by atoms with van der Waals surface area (Å²) in [6.45, 7) is 9.56. The number of amides is 6. The maximum Gasteiger partial charge on any atom is 0.328 e. The molecule has 0 heterocycles. The molecule has 0 saturated carbocycles. The van der Waals surface area contributed by atoms with E-state index < -0.39 is 96.6 Å². The van der Waals surface area contributed by atoms with Crippen LogP contribution in [0.3, 0.4) is 0 Å². The lowest BCUT2D eigenvalue weighted by Gasteiger charge is -2.29. The summed E-state index contributed by atoms with van der Waals surface area (Å²) in [7, 11) is 0. The zero-order valence-electron chi connectivity index (χ0n) is 29.0. The predicted molar refractivity (Wildman–Crippen MR) is 180 cm³/mol. The minimum absolute atomic E-state index is 0.0713. The van der Waals surface area contributed by atoms with E-state index in [1.165, 1.54) is 0 Å². The number of carboxylic acids is 1. The molecule has 0 bridgehead atoms. The monoisotopic (exact) mass is 691 g/mol. The Morgan fingerprint density at radius 3 is 1.53 bits per heavy atom. The number of aliphatic carboxylic acids is 1. The molecule has 0 unspecified atom stereocenters. The summed E-state index contributed by atoms with van der Waals surface area (Å²) in [6, 6.07) is 1.38. The van der Waals surface area contributed by atoms with E-state index in [4.69, 9.17) is 11.5 Å². The molecule has 6 amide bonds. The van der Waals surface area contributed by atoms with Crippen molar-refractivity contribution in [3.8, 4) is 0 Å². The Morgan fingerprint density at radius 2 is 1.10 bits per heavy atom. The van der Waals surface area contributed by atoms with Gasteiger partial charge in [0.2, 0.25) is 35.4 Å². The van der Waals surface area contributed by atoms with Crippen LogP contribution >= 0.6 is 0 Å². The molecule has 0 aliphatic rings. The van der Waals surface area contributed by atoms with Crippen molar-refractivity contribution in [3.05, 3.63) is 35.9 Å². The van der Waals surface area contributed by atoms with Gasteiger partial charge in [0.1, 0.15) is 30.2 Å². The Hall–Kier alpha value is -4.57. The number of rotatable bonds is 21. The van der Waals surface area contributed by atoms with Gasteiger partial charge in [-0.1, -0.05) is 71.9 Å². The van der Waals surface area contributed by atoms with Gasteiger partial charge in [0.25, 0.3) is 0 Å². The molecule has 0 aliphatic heterocycles. The lowest BCUT2D eigenvalue weighted by Crippen LogP contribution is -2.61. The number of aliphatic hydroxyl groups is 1. The number of nitrogens with one attached hydrogen (secondary N) is 5. The summed E-state index contributed by atoms with van der Waals surface area (Å²) in [5.74, 6) is -7.07. The predicted octanol–water partition coefficient (Wildman–Crippen LogP) is -1.32. The molecule has 11 N–H and O–H groups in total. The fourth-order valence-corrected chi connectivity index (χ4v) is 4.84. The standard InChI is InChI=1S/C33H53N7O9/c1-17(2)12-22(36-28(43)21(34)14-20-10-8-7-9-11-20)29(44)37-24(15-26(35)42)31(46)40-27(19(5)6)32(47)38-23(13-18(3)4)30(45)39-25(16-41)33(48)49/h7-11,17-19,21-25,27,41H,12-16,34H2,1-6H3,(H2,35,42)(H,36,43)(H,37,44)(H,38,47)(H,39,45)(H,40,46)(H,48,49)/t21-,22-,23-,24-,25-,27-/m0/s1. The van der Waals surface area contributed by atoms with Crippen molar-refractivity contribution in [3.63, 3.8) is 0 Å². The fraction of sp³-hybridized carbons (Fsp3) is 0.606. The number of carbonyl (C=O) groups excluding carboxylic acids is 6. The number of benzene rings is 1. The SMILES string of the molecule is CC(C)C[C@H](NC(=O)[C@@H](NC(=O)[C@H](CC(N)=O)NC(=O)[C@H](CC(C)C)NC(=O)[C@@H](N)Cc1ccccc1)C(C)C)C(=O)N[C@@H](CO)C(=O)O. The number of carbonyl (C=O) groups is 7. The number of hydrogen-bond acceptors (Lipinski definition) is 9. The molecular weight excluding hydrogens is 638 g/mol. The van der Waals surface area contributed by atoms with Gasteiger partial charge in [0, 0.05) is 0 Å². The lowest BCUT2D eigenvalue weighted by molar-refractivity contribution is -0.143. The lowest BCUT2D eigenvalue weighted by atomic mass is 9.99. The van der Waals surface area contributed by atoms with Gasteiger partial charge < -0.3 is 48.3 Å². The van der Waals surface area contributed by atoms with E-state index in [-0.39, 0.29) is 31.1 Å². The van der Waals surface area contributed by atoms with Crippen LogP contribution in [-0.2, 0) is 40.0 Å². The van der Waals surface area contributed by atoms with Crippen molar-refractivity contribution < 1.29 is 43.8 Å². The first-order valence-electron chi connectivity index (χ1n) is 16.3. The topological polar surface area (TPSA) is 272 Å². The fourth-order valence-electron chi connectivity index (χ4n) is 4.84. The summed E-state index contributed by atoms with van der Waals surface area (Å²) < 4.78 is 0. The zero-order chi connectivity index (χ0) is 37.4. The van der Waals surface area contributed by atoms with Crippen LogP contribution in [0.4, 0.5) is 0 Å². The van der Waals surface area contributed by atoms with Gasteiger partial charge in [0.15, 0.2) is 0 Å². The number of nitrogens with two attached hydrogens (primary N) is 2. The van der Waals surface area contributed by atoms with Gasteiger partial charge in [-0.3, -0.25) is 28.8 Å². The Labute approximate surface area is 286 Å². The van der Waals surface area contributed by atoms with Crippen molar-refractivity contribution in [2.24, 2.45) is 29.2 Å². The van der Waals surface area contributed by atoms with Crippen molar-refractivity contribution in [1.82, 2.24) is 26.6 Å². The molecule has 1 rings (SSSR count). The largest absolute Gasteiger partial charge is 0.480 e. The number of aliphatic hydroxyl groups excluding tert-OH is 1. The van der Waals surface area contributed by atoms with Crippen LogP contribution in [0, 0.1) is 17.8 Å². The molecule has 0 aromatic heterocycles. The first kappa shape index (κ1) is 42.5. The van der Waals surface area contributed by atoms with E-state index in [2.05, 4.69) is 26.6 Å². The van der Waals surface area contributed by atoms with E-state index >= 15 is 0 Å². The average Bonchev–Trinajstić information content (AvgIpc) is 3.00. The first-order chi connectivity index (χ1) is 22.9. The highest BCUT2D eigenvalue weighted by atomic mass is 16.4. The number of hydrogen-bond donors (Lipinski definition) is 9. The molecule has 16 nitrogen and oxygen atoms in total. The van der Waals surface area contributed by atoms with Crippen molar-refractivity contribution in [1.29, 1.82) is 0 Å². The second kappa shape index (κ2) is 20.7. The molecule has 0 saturated heterocycles. The van der Waals surface area contributed by atoms with Gasteiger partial charge in [-0.2, -0.15) is 0 Å². The van der Waals surface area contributed by atoms with E-state index in [0.29, 0.717) is 0 Å². The van der Waals surface area contributed by atoms with Crippen molar-refractivity contribution in [2.75, 3.05) is 6.61 Å². The van der Waals surface area contributed by atoms with Crippen LogP contribution in [0.15, 0.2) is 30.3 Å². The minimum Gasteiger partial charge on any atom is -0.480 e. The normalized spacial score (nSPS) is 14.9. The van der Waals surface area contributed by atoms with Crippen molar-refractivity contribution in [2.45, 2.75) is 103 Å². The van der Waals surface area contributed by atoms with Crippen LogP contribution in [0.25, 0.3) is 0 Å². The smallest absolute Gasteiger partial charge is 0.328 e. The molecule has 49 heavy (non-hydrogen) atoms. The maximum atomic E-state index is 13.5. The highest BCUT2D eigenvalue weighted by molar-refractivity contribution is 5.98. The summed E-state index contributed by atoms with van der Waals surface area (Å²) in [5, 5.41) is 30.8. The molecule has 1 aromatic carbocycles. The minimum atomic E-state index is -1.60. The van der Waals surface area contributed by atoms with Gasteiger partial charge >= 0.3 is 5.97 Å². The van der Waals surface area contributed by atoms with Gasteiger partial charge in [-0.05, 0) is 42.6 Å². The quantitative estimate of drug-likeness (QED) is 0.0734. The molecule has 0 radical (unpaired) electrons. The van der Waals surface area contributed by atoms with Gasteiger partial charge in [0.05, 0.1) is 19.1 Å². The molecule has 16 heteroatoms. The van der Waals surface area contributed by atoms with E-state index in [9.17, 15) is 43.8 Å². The number of carboxylic acid groups (broad SMARTS) is 1. The van der Waals surface area contributed by atoms with Crippen LogP contribution in [-0.4, -0.2) is 94.5 Å².